The van der Waals surface area contributed by atoms with Crippen LogP contribution in [0.1, 0.15) is 25.8 Å². The average molecular weight is 804 g/mol. The summed E-state index contributed by atoms with van der Waals surface area (Å²) in [7, 11) is -3.45. The van der Waals surface area contributed by atoms with E-state index in [1.165, 1.54) is 6.92 Å². The number of carbonyl (C=O) groups is 2. The Morgan fingerprint density at radius 2 is 1.76 bits per heavy atom. The van der Waals surface area contributed by atoms with E-state index in [4.69, 9.17) is 55.3 Å². The zero-order valence-corrected chi connectivity index (χ0v) is 32.3. The van der Waals surface area contributed by atoms with Crippen LogP contribution in [0.4, 0.5) is 0 Å². The Morgan fingerprint density at radius 3 is 2.42 bits per heavy atom. The number of Topliss-reactive ketones (excluding diaryl/α,β-unsaturated/α-hetero) is 1. The van der Waals surface area contributed by atoms with E-state index in [9.17, 15) is 9.59 Å². The molecule has 0 radical (unpaired) electrons. The molecule has 1 aromatic carbocycles. The Morgan fingerprint density at radius 1 is 1.10 bits per heavy atom. The quantitative estimate of drug-likeness (QED) is 0.0505. The second-order valence-corrected chi connectivity index (χ2v) is 13.7. The Bertz CT molecular complexity index is 1480. The maximum Gasteiger partial charge on any atom is 0.247 e. The highest BCUT2D eigenvalue weighted by molar-refractivity contribution is 8.06. The first kappa shape index (κ1) is 31.8. The van der Waals surface area contributed by atoms with Gasteiger partial charge in [0.2, 0.25) is 15.1 Å². The third-order valence-corrected chi connectivity index (χ3v) is 8.42. The Kier molecular flexibility index (Phi) is 15.7. The molecule has 3 N–H and O–H groups in total. The van der Waals surface area contributed by atoms with Gasteiger partial charge < -0.3 is 47.0 Å². The summed E-state index contributed by atoms with van der Waals surface area (Å²) in [6.45, 7) is 5.71. The molecule has 2 heterocycles. The van der Waals surface area contributed by atoms with Gasteiger partial charge in [-0.2, -0.15) is 0 Å². The lowest BCUT2D eigenvalue weighted by atomic mass is 9.83. The number of fused-ring (bicyclic) bond motifs is 1. The van der Waals surface area contributed by atoms with E-state index in [1.807, 2.05) is 0 Å². The molecule has 0 bridgehead atoms. The molecule has 22 heteroatoms. The first-order valence-corrected chi connectivity index (χ1v) is 19.1. The summed E-state index contributed by atoms with van der Waals surface area (Å²) in [6, 6.07) is 3.71. The number of ether oxygens (including phenoxy) is 4. The fourth-order valence-electron chi connectivity index (χ4n) is 5.00. The lowest BCUT2D eigenvalue weighted by molar-refractivity contribution is -0.147. The molecule has 1 unspecified atom stereocenters. The van der Waals surface area contributed by atoms with E-state index < -0.39 is 84.3 Å². The predicted molar refractivity (Wildman–Crippen MR) is 221 cm³/mol. The number of rotatable bonds is 20. The zero-order chi connectivity index (χ0) is 45.1. The van der Waals surface area contributed by atoms with Gasteiger partial charge in [-0.25, -0.2) is 25.0 Å². The first-order valence-electron chi connectivity index (χ1n) is 20.8. The van der Waals surface area contributed by atoms with Gasteiger partial charge in [0.05, 0.1) is 6.04 Å². The number of nitrogens with one attached hydrogen (secondary N) is 1. The smallest absolute Gasteiger partial charge is 0.247 e. The zero-order valence-electron chi connectivity index (χ0n) is 38.0. The van der Waals surface area contributed by atoms with Crippen LogP contribution in [-0.4, -0.2) is 151 Å². The third kappa shape index (κ3) is 13.7. The minimum atomic E-state index is -1.21. The number of ketones is 1. The topological polar surface area (TPSA) is 151 Å². The van der Waals surface area contributed by atoms with Crippen LogP contribution >= 0.6 is 61.1 Å². The number of amides is 1. The number of carbonyl (C=O) groups excluding carboxylic acids is 2. The van der Waals surface area contributed by atoms with Gasteiger partial charge in [0, 0.05) is 29.7 Å². The highest BCUT2D eigenvalue weighted by Crippen LogP contribution is 2.37. The second-order valence-electron chi connectivity index (χ2n) is 10.4. The largest absolute Gasteiger partial charge is 0.461 e. The molecule has 3 aliphatic rings. The summed E-state index contributed by atoms with van der Waals surface area (Å²) in [4.78, 5) is 25.8. The summed E-state index contributed by atoms with van der Waals surface area (Å²) < 4.78 is 113. The van der Waals surface area contributed by atoms with Crippen molar-refractivity contribution in [1.82, 2.24) is 5.32 Å². The number of hydrogen-bond donors (Lipinski definition) is 5. The lowest BCUT2D eigenvalue weighted by Gasteiger charge is -2.43. The van der Waals surface area contributed by atoms with E-state index in [0.717, 1.165) is 36.1 Å². The van der Waals surface area contributed by atoms with E-state index in [0.29, 0.717) is 5.56 Å². The SMILES string of the molecule is [2H]B(C)S.[2H]B(C)S.[2H]B([3H])CSOc1cc(/C=C(\C)C(=O)NC2[C@@H](OSCB([2H])[3H])[C@@H]3OCO[C@@H]3[C@H](O[3H])[C@H]2O[3H])ccc1O[C@H]1C[C@H](OSCB([2H])[3H])[C@@H](C(C)=O)O1. The fraction of sp³-hybridized carbons (Fsp3) is 0.643. The van der Waals surface area contributed by atoms with Crippen LogP contribution in [0.3, 0.4) is 0 Å². The van der Waals surface area contributed by atoms with Crippen molar-refractivity contribution in [2.75, 3.05) is 23.7 Å². The van der Waals surface area contributed by atoms with Gasteiger partial charge in [-0.15, -0.1) is 0 Å². The summed E-state index contributed by atoms with van der Waals surface area (Å²) in [5, 5.41) is 12.6. The van der Waals surface area contributed by atoms with Gasteiger partial charge in [0.15, 0.2) is 30.3 Å². The van der Waals surface area contributed by atoms with Crippen LogP contribution in [0.5, 0.6) is 11.5 Å². The summed E-state index contributed by atoms with van der Waals surface area (Å²) >= 11 is 9.85. The van der Waals surface area contributed by atoms with E-state index in [2.05, 4.69) is 30.3 Å². The standard InChI is InChI=1S/C26H38B3NO11S3.2CH5BS/c1-12(26(34)30-19-20(32)21(33)24-25(36-11-35-24)23(19)41-44-10-29)5-14-3-4-15(16(6-14)39-42-8-27)37-18-7-17(40-43-9-28)22(38-18)13(2)31;2*1-2-3/h3-6,17-25,32-33H,7-11,27-29H2,1-2H3,(H,30,34);2*2-3H,1H3/b12-5+;;/t17-,18+,19?,20-,21+,22+,23+,24+,25-;;/m0../s1/i27TD,28TD,29TD,32T,33T;2*2D. The van der Waals surface area contributed by atoms with Crippen LogP contribution in [-0.2, 0) is 32.2 Å². The molecule has 0 aromatic heterocycles. The maximum absolute atomic E-state index is 13.6. The van der Waals surface area contributed by atoms with Gasteiger partial charge in [-0.3, -0.25) is 9.59 Å². The first-order chi connectivity index (χ1) is 28.3. The molecule has 1 saturated carbocycles. The molecule has 2 saturated heterocycles. The molecule has 12 nitrogen and oxygen atoms in total. The molecule has 0 spiro atoms. The number of thiol groups is 2. The van der Waals surface area contributed by atoms with E-state index >= 15 is 0 Å². The molecule has 1 aromatic rings. The van der Waals surface area contributed by atoms with Gasteiger partial charge in [0.1, 0.15) is 72.8 Å². The number of aliphatic hydroxyl groups excluding tert-OH is 2. The number of benzene rings is 1. The second kappa shape index (κ2) is 24.7. The Balaban J connectivity index is 0.00000142. The molecule has 1 amide bonds. The highest BCUT2D eigenvalue weighted by Gasteiger charge is 2.55. The van der Waals surface area contributed by atoms with Crippen molar-refractivity contribution < 1.29 is 51.3 Å². The van der Waals surface area contributed by atoms with Crippen molar-refractivity contribution in [2.45, 2.75) is 89.0 Å². The minimum absolute atomic E-state index is 0.0107. The highest BCUT2D eigenvalue weighted by atomic mass is 32.2. The van der Waals surface area contributed by atoms with Gasteiger partial charge in [-0.1, -0.05) is 19.7 Å². The van der Waals surface area contributed by atoms with Crippen molar-refractivity contribution in [3.8, 4) is 11.5 Å². The molecular formula is C28H48B5NO11S5. The van der Waals surface area contributed by atoms with Crippen LogP contribution in [0.2, 0.25) is 13.6 Å². The van der Waals surface area contributed by atoms with E-state index in [1.54, 1.807) is 44.8 Å². The summed E-state index contributed by atoms with van der Waals surface area (Å²) in [5.74, 6) is -0.476. The minimum Gasteiger partial charge on any atom is -0.461 e. The Labute approximate surface area is 337 Å². The van der Waals surface area contributed by atoms with Crippen molar-refractivity contribution >= 4 is 115 Å². The average Bonchev–Trinajstić information content (AvgIpc) is 3.79. The molecule has 3 fully saturated rings. The van der Waals surface area contributed by atoms with Gasteiger partial charge >= 0.3 is 0 Å². The summed E-state index contributed by atoms with van der Waals surface area (Å²) in [6.07, 6.45) is -5.76. The van der Waals surface area contributed by atoms with Crippen LogP contribution in [0.15, 0.2) is 23.8 Å². The lowest BCUT2D eigenvalue weighted by Crippen LogP contribution is -2.67. The van der Waals surface area contributed by atoms with Crippen molar-refractivity contribution in [3.05, 3.63) is 29.3 Å². The molecule has 2 aliphatic heterocycles. The van der Waals surface area contributed by atoms with Crippen LogP contribution in [0, 0.1) is 0 Å². The fourth-order valence-corrected chi connectivity index (χ4v) is 6.22. The molecule has 4 rings (SSSR count). The van der Waals surface area contributed by atoms with Crippen molar-refractivity contribution in [3.63, 3.8) is 0 Å². The predicted octanol–water partition coefficient (Wildman–Crippen LogP) is -0.368. The van der Waals surface area contributed by atoms with Gasteiger partial charge in [0.25, 0.3) is 0 Å². The normalized spacial score (nSPS) is 31.1. The molecule has 1 aliphatic carbocycles. The van der Waals surface area contributed by atoms with Crippen LogP contribution < -0.4 is 14.2 Å². The third-order valence-electron chi connectivity index (χ3n) is 6.97. The molecule has 50 heavy (non-hydrogen) atoms. The maximum atomic E-state index is 13.6. The molecule has 276 valence electrons. The Hall–Kier alpha value is -0.505. The monoisotopic (exact) mass is 804 g/mol. The van der Waals surface area contributed by atoms with Crippen molar-refractivity contribution in [2.24, 2.45) is 0 Å². The van der Waals surface area contributed by atoms with Crippen molar-refractivity contribution in [1.29, 1.82) is 13.5 Å². The van der Waals surface area contributed by atoms with Gasteiger partial charge in [-0.05, 0) is 83.7 Å². The molecular weight excluding hydrogens is 741 g/mol. The van der Waals surface area contributed by atoms with E-state index in [-0.39, 0.29) is 66.1 Å². The number of aliphatic hydroxyl groups is 2. The molecule has 9 atom stereocenters. The number of hydrogen-bond acceptors (Lipinski definition) is 16. The summed E-state index contributed by atoms with van der Waals surface area (Å²) in [5.41, 5.74) is 0.781. The van der Waals surface area contributed by atoms with Crippen LogP contribution in [0.25, 0.3) is 6.08 Å².